The molecule has 1 aromatic rings. The van der Waals surface area contributed by atoms with E-state index in [2.05, 4.69) is 9.97 Å². The first kappa shape index (κ1) is 6.77. The minimum Gasteiger partial charge on any atom is -0.258 e. The molecule has 0 unspecified atom stereocenters. The van der Waals surface area contributed by atoms with Gasteiger partial charge in [0.05, 0.1) is 11.4 Å². The molecule has 0 saturated carbocycles. The van der Waals surface area contributed by atoms with Crippen molar-refractivity contribution in [1.29, 1.82) is 0 Å². The summed E-state index contributed by atoms with van der Waals surface area (Å²) in [7, 11) is 0. The summed E-state index contributed by atoms with van der Waals surface area (Å²) in [5.41, 5.74) is 2.45. The van der Waals surface area contributed by atoms with Gasteiger partial charge in [-0.15, -0.1) is 0 Å². The Hall–Kier alpha value is -0.920. The molecular formula is C9H12N2. The third-order valence-corrected chi connectivity index (χ3v) is 2.19. The van der Waals surface area contributed by atoms with E-state index in [-0.39, 0.29) is 0 Å². The van der Waals surface area contributed by atoms with Gasteiger partial charge in [0.1, 0.15) is 0 Å². The van der Waals surface area contributed by atoms with Gasteiger partial charge in [0, 0.05) is 12.4 Å². The van der Waals surface area contributed by atoms with E-state index < -0.39 is 0 Å². The maximum atomic E-state index is 4.32. The second-order valence-corrected chi connectivity index (χ2v) is 3.01. The lowest BCUT2D eigenvalue weighted by molar-refractivity contribution is 0.706. The predicted octanol–water partition coefficient (Wildman–Crippen LogP) is 1.75. The monoisotopic (exact) mass is 148 g/mol. The van der Waals surface area contributed by atoms with Crippen LogP contribution in [-0.2, 0) is 12.8 Å². The third kappa shape index (κ3) is 1.39. The first-order chi connectivity index (χ1) is 5.47. The molecule has 11 heavy (non-hydrogen) atoms. The summed E-state index contributed by atoms with van der Waals surface area (Å²) in [5.74, 6) is 0. The van der Waals surface area contributed by atoms with Crippen molar-refractivity contribution in [3.63, 3.8) is 0 Å². The van der Waals surface area contributed by atoms with E-state index in [0.717, 1.165) is 12.8 Å². The molecule has 1 aromatic heterocycles. The molecule has 1 heterocycles. The second-order valence-electron chi connectivity index (χ2n) is 3.01. The van der Waals surface area contributed by atoms with Gasteiger partial charge in [0.15, 0.2) is 0 Å². The van der Waals surface area contributed by atoms with Gasteiger partial charge in [-0.2, -0.15) is 0 Å². The van der Waals surface area contributed by atoms with E-state index in [0.29, 0.717) is 0 Å². The normalized spacial score (nSPS) is 17.1. The molecule has 2 nitrogen and oxygen atoms in total. The Kier molecular flexibility index (Phi) is 1.84. The molecule has 0 radical (unpaired) electrons. The van der Waals surface area contributed by atoms with Gasteiger partial charge in [-0.3, -0.25) is 9.97 Å². The Morgan fingerprint density at radius 3 is 1.91 bits per heavy atom. The highest BCUT2D eigenvalue weighted by molar-refractivity contribution is 5.11. The minimum absolute atomic E-state index is 1.13. The zero-order valence-electron chi connectivity index (χ0n) is 6.58. The molecule has 0 aliphatic heterocycles. The Morgan fingerprint density at radius 2 is 1.36 bits per heavy atom. The first-order valence-corrected chi connectivity index (χ1v) is 4.25. The van der Waals surface area contributed by atoms with E-state index in [1.807, 2.05) is 0 Å². The average Bonchev–Trinajstić information content (AvgIpc) is 2.28. The maximum Gasteiger partial charge on any atom is 0.0618 e. The predicted molar refractivity (Wildman–Crippen MR) is 43.3 cm³/mol. The fraction of sp³-hybridized carbons (Fsp3) is 0.556. The van der Waals surface area contributed by atoms with Crippen molar-refractivity contribution in [1.82, 2.24) is 9.97 Å². The molecule has 2 rings (SSSR count). The van der Waals surface area contributed by atoms with Crippen LogP contribution in [0.5, 0.6) is 0 Å². The van der Waals surface area contributed by atoms with Crippen LogP contribution >= 0.6 is 0 Å². The molecule has 0 saturated heterocycles. The van der Waals surface area contributed by atoms with Gasteiger partial charge in [-0.1, -0.05) is 6.42 Å². The van der Waals surface area contributed by atoms with Crippen LogP contribution in [-0.4, -0.2) is 9.97 Å². The molecule has 0 aromatic carbocycles. The van der Waals surface area contributed by atoms with Crippen LogP contribution in [0.15, 0.2) is 12.4 Å². The zero-order chi connectivity index (χ0) is 7.52. The van der Waals surface area contributed by atoms with Crippen molar-refractivity contribution in [2.75, 3.05) is 0 Å². The quantitative estimate of drug-likeness (QED) is 0.524. The van der Waals surface area contributed by atoms with Gasteiger partial charge in [0.25, 0.3) is 0 Å². The molecule has 1 aliphatic rings. The molecule has 0 bridgehead atoms. The maximum absolute atomic E-state index is 4.32. The van der Waals surface area contributed by atoms with Crippen LogP contribution in [0.25, 0.3) is 0 Å². The van der Waals surface area contributed by atoms with Crippen LogP contribution in [0.2, 0.25) is 0 Å². The summed E-state index contributed by atoms with van der Waals surface area (Å²) in [6, 6.07) is 0. The Labute approximate surface area is 66.7 Å². The third-order valence-electron chi connectivity index (χ3n) is 2.19. The molecule has 58 valence electrons. The zero-order valence-corrected chi connectivity index (χ0v) is 6.58. The summed E-state index contributed by atoms with van der Waals surface area (Å²) in [6.07, 6.45) is 9.75. The van der Waals surface area contributed by atoms with Crippen molar-refractivity contribution >= 4 is 0 Å². The Bertz CT molecular complexity index is 220. The first-order valence-electron chi connectivity index (χ1n) is 4.25. The highest BCUT2D eigenvalue weighted by atomic mass is 14.8. The number of hydrogen-bond acceptors (Lipinski definition) is 2. The van der Waals surface area contributed by atoms with E-state index in [1.54, 1.807) is 12.4 Å². The number of hydrogen-bond donors (Lipinski definition) is 0. The smallest absolute Gasteiger partial charge is 0.0618 e. The number of nitrogens with zero attached hydrogens (tertiary/aromatic N) is 2. The lowest BCUT2D eigenvalue weighted by atomic mass is 10.2. The standard InChI is InChI=1S/C9H12N2/c1-2-4-8-9(5-3-1)11-7-6-10-8/h6-7H,1-5H2. The van der Waals surface area contributed by atoms with Crippen molar-refractivity contribution in [2.45, 2.75) is 32.1 Å². The molecule has 0 fully saturated rings. The van der Waals surface area contributed by atoms with E-state index in [4.69, 9.17) is 0 Å². The highest BCUT2D eigenvalue weighted by Gasteiger charge is 2.08. The lowest BCUT2D eigenvalue weighted by Gasteiger charge is -1.99. The fourth-order valence-electron chi connectivity index (χ4n) is 1.57. The molecule has 0 N–H and O–H groups in total. The van der Waals surface area contributed by atoms with Gasteiger partial charge >= 0.3 is 0 Å². The van der Waals surface area contributed by atoms with Crippen molar-refractivity contribution in [3.8, 4) is 0 Å². The number of fused-ring (bicyclic) bond motifs is 1. The van der Waals surface area contributed by atoms with Crippen LogP contribution < -0.4 is 0 Å². The molecule has 0 atom stereocenters. The van der Waals surface area contributed by atoms with E-state index in [1.165, 1.54) is 30.7 Å². The second kappa shape index (κ2) is 2.99. The minimum atomic E-state index is 1.13. The van der Waals surface area contributed by atoms with Gasteiger partial charge < -0.3 is 0 Å². The Morgan fingerprint density at radius 1 is 0.818 bits per heavy atom. The van der Waals surface area contributed by atoms with Gasteiger partial charge in [-0.05, 0) is 25.7 Å². The number of rotatable bonds is 0. The van der Waals surface area contributed by atoms with Crippen molar-refractivity contribution in [2.24, 2.45) is 0 Å². The fourth-order valence-corrected chi connectivity index (χ4v) is 1.57. The molecule has 0 amide bonds. The number of aryl methyl sites for hydroxylation is 2. The topological polar surface area (TPSA) is 25.8 Å². The van der Waals surface area contributed by atoms with E-state index >= 15 is 0 Å². The van der Waals surface area contributed by atoms with E-state index in [9.17, 15) is 0 Å². The summed E-state index contributed by atoms with van der Waals surface area (Å²) < 4.78 is 0. The molecule has 1 aliphatic carbocycles. The number of aromatic nitrogens is 2. The van der Waals surface area contributed by atoms with Crippen molar-refractivity contribution in [3.05, 3.63) is 23.8 Å². The van der Waals surface area contributed by atoms with Crippen molar-refractivity contribution < 1.29 is 0 Å². The van der Waals surface area contributed by atoms with Crippen LogP contribution in [0.1, 0.15) is 30.7 Å². The summed E-state index contributed by atoms with van der Waals surface area (Å²) in [6.45, 7) is 0. The van der Waals surface area contributed by atoms with Crippen LogP contribution in [0.3, 0.4) is 0 Å². The highest BCUT2D eigenvalue weighted by Crippen LogP contribution is 2.15. The molecular weight excluding hydrogens is 136 g/mol. The summed E-state index contributed by atoms with van der Waals surface area (Å²) in [4.78, 5) is 8.63. The van der Waals surface area contributed by atoms with Gasteiger partial charge in [-0.25, -0.2) is 0 Å². The van der Waals surface area contributed by atoms with Gasteiger partial charge in [0.2, 0.25) is 0 Å². The van der Waals surface area contributed by atoms with Crippen LogP contribution in [0, 0.1) is 0 Å². The SMILES string of the molecule is c1cnc2c(n1)CCCCC2. The average molecular weight is 148 g/mol. The summed E-state index contributed by atoms with van der Waals surface area (Å²) in [5, 5.41) is 0. The lowest BCUT2D eigenvalue weighted by Crippen LogP contribution is -1.96. The van der Waals surface area contributed by atoms with Crippen LogP contribution in [0.4, 0.5) is 0 Å². The summed E-state index contributed by atoms with van der Waals surface area (Å²) >= 11 is 0. The Balaban J connectivity index is 2.33. The molecule has 2 heteroatoms. The molecule has 0 spiro atoms. The largest absolute Gasteiger partial charge is 0.258 e.